The minimum Gasteiger partial charge on any atom is -0.468 e. The van der Waals surface area contributed by atoms with Gasteiger partial charge in [0.2, 0.25) is 0 Å². The van der Waals surface area contributed by atoms with Crippen LogP contribution in [0.4, 0.5) is 0 Å². The maximum atomic E-state index is 12.2. The molecule has 21 heavy (non-hydrogen) atoms. The van der Waals surface area contributed by atoms with Crippen molar-refractivity contribution >= 4 is 5.97 Å². The van der Waals surface area contributed by atoms with Gasteiger partial charge in [-0.1, -0.05) is 36.4 Å². The zero-order valence-corrected chi connectivity index (χ0v) is 13.0. The van der Waals surface area contributed by atoms with Crippen LogP contribution in [0.2, 0.25) is 0 Å². The number of methoxy groups -OCH3 is 1. The van der Waals surface area contributed by atoms with Crippen molar-refractivity contribution in [3.8, 4) is 0 Å². The van der Waals surface area contributed by atoms with Crippen LogP contribution in [0.25, 0.3) is 0 Å². The standard InChI is InChI=1S/C18H25NO2/c1-4-5-9-16-12-13-19(17(16)18(20)21-3)14(2)15-10-7-6-8-11-15/h4,6-8,10-11,14,16-17H,1,5,9,12-13H2,2-3H3/t14-,16+,17-/m0/s1. The molecule has 3 atom stereocenters. The molecule has 0 N–H and O–H groups in total. The molecule has 3 nitrogen and oxygen atoms in total. The van der Waals surface area contributed by atoms with Crippen molar-refractivity contribution in [2.45, 2.75) is 38.3 Å². The van der Waals surface area contributed by atoms with Crippen molar-refractivity contribution < 1.29 is 9.53 Å². The fraction of sp³-hybridized carbons (Fsp3) is 0.500. The van der Waals surface area contributed by atoms with Crippen LogP contribution in [-0.2, 0) is 9.53 Å². The zero-order valence-electron chi connectivity index (χ0n) is 13.0. The maximum Gasteiger partial charge on any atom is 0.323 e. The summed E-state index contributed by atoms with van der Waals surface area (Å²) in [4.78, 5) is 14.5. The van der Waals surface area contributed by atoms with E-state index in [1.54, 1.807) is 0 Å². The number of allylic oxidation sites excluding steroid dienone is 1. The molecule has 1 aromatic carbocycles. The van der Waals surface area contributed by atoms with Crippen molar-refractivity contribution in [3.63, 3.8) is 0 Å². The number of likely N-dealkylation sites (tertiary alicyclic amines) is 1. The Labute approximate surface area is 127 Å². The van der Waals surface area contributed by atoms with E-state index in [4.69, 9.17) is 4.74 Å². The van der Waals surface area contributed by atoms with E-state index < -0.39 is 0 Å². The molecule has 0 aromatic heterocycles. The second-order valence-electron chi connectivity index (χ2n) is 5.71. The van der Waals surface area contributed by atoms with Crippen molar-refractivity contribution in [3.05, 3.63) is 48.6 Å². The lowest BCUT2D eigenvalue weighted by atomic mass is 9.94. The first-order valence-corrected chi connectivity index (χ1v) is 7.68. The van der Waals surface area contributed by atoms with Crippen molar-refractivity contribution in [1.29, 1.82) is 0 Å². The van der Waals surface area contributed by atoms with E-state index in [9.17, 15) is 4.79 Å². The minimum absolute atomic E-state index is 0.107. The lowest BCUT2D eigenvalue weighted by Crippen LogP contribution is -2.41. The highest BCUT2D eigenvalue weighted by atomic mass is 16.5. The minimum atomic E-state index is -0.134. The number of ether oxygens (including phenoxy) is 1. The van der Waals surface area contributed by atoms with E-state index >= 15 is 0 Å². The van der Waals surface area contributed by atoms with Crippen molar-refractivity contribution in [2.75, 3.05) is 13.7 Å². The fourth-order valence-corrected chi connectivity index (χ4v) is 3.32. The number of nitrogens with zero attached hydrogens (tertiary/aromatic N) is 1. The third-order valence-electron chi connectivity index (χ3n) is 4.53. The highest BCUT2D eigenvalue weighted by Crippen LogP contribution is 2.35. The van der Waals surface area contributed by atoms with Gasteiger partial charge in [0.15, 0.2) is 0 Å². The zero-order chi connectivity index (χ0) is 15.2. The van der Waals surface area contributed by atoms with E-state index in [0.29, 0.717) is 5.92 Å². The Bertz CT molecular complexity index is 471. The number of benzene rings is 1. The van der Waals surface area contributed by atoms with Crippen LogP contribution >= 0.6 is 0 Å². The fourth-order valence-electron chi connectivity index (χ4n) is 3.32. The molecule has 0 unspecified atom stereocenters. The number of hydrogen-bond donors (Lipinski definition) is 0. The van der Waals surface area contributed by atoms with Crippen LogP contribution in [0.5, 0.6) is 0 Å². The second-order valence-corrected chi connectivity index (χ2v) is 5.71. The van der Waals surface area contributed by atoms with Gasteiger partial charge < -0.3 is 4.74 Å². The smallest absolute Gasteiger partial charge is 0.323 e. The molecule has 0 aliphatic carbocycles. The van der Waals surface area contributed by atoms with Crippen molar-refractivity contribution in [1.82, 2.24) is 4.90 Å². The highest BCUT2D eigenvalue weighted by molar-refractivity contribution is 5.76. The van der Waals surface area contributed by atoms with Gasteiger partial charge in [0.25, 0.3) is 0 Å². The third kappa shape index (κ3) is 3.53. The lowest BCUT2D eigenvalue weighted by molar-refractivity contribution is -0.148. The number of esters is 1. The Hall–Kier alpha value is -1.61. The molecule has 1 heterocycles. The molecule has 1 aliphatic heterocycles. The summed E-state index contributed by atoms with van der Waals surface area (Å²) in [6.45, 7) is 6.89. The number of rotatable bonds is 6. The van der Waals surface area contributed by atoms with Gasteiger partial charge in [0.1, 0.15) is 6.04 Å². The van der Waals surface area contributed by atoms with Crippen LogP contribution < -0.4 is 0 Å². The average Bonchev–Trinajstić information content (AvgIpc) is 2.96. The Balaban J connectivity index is 2.17. The average molecular weight is 287 g/mol. The molecule has 1 fully saturated rings. The molecule has 0 radical (unpaired) electrons. The van der Waals surface area contributed by atoms with Gasteiger partial charge in [0.05, 0.1) is 7.11 Å². The van der Waals surface area contributed by atoms with Gasteiger partial charge in [-0.2, -0.15) is 0 Å². The summed E-state index contributed by atoms with van der Waals surface area (Å²) in [6, 6.07) is 10.4. The Kier molecular flexibility index (Phi) is 5.57. The van der Waals surface area contributed by atoms with Crippen LogP contribution in [0.1, 0.15) is 37.8 Å². The first-order chi connectivity index (χ1) is 10.2. The maximum absolute atomic E-state index is 12.2. The third-order valence-corrected chi connectivity index (χ3v) is 4.53. The quantitative estimate of drug-likeness (QED) is 0.591. The van der Waals surface area contributed by atoms with Gasteiger partial charge in [0, 0.05) is 6.04 Å². The van der Waals surface area contributed by atoms with E-state index in [-0.39, 0.29) is 18.1 Å². The largest absolute Gasteiger partial charge is 0.468 e. The van der Waals surface area contributed by atoms with E-state index in [2.05, 4.69) is 30.5 Å². The van der Waals surface area contributed by atoms with Gasteiger partial charge in [-0.15, -0.1) is 6.58 Å². The molecule has 1 saturated heterocycles. The summed E-state index contributed by atoms with van der Waals surface area (Å²) in [5.41, 5.74) is 1.25. The molecule has 3 heteroatoms. The van der Waals surface area contributed by atoms with E-state index in [0.717, 1.165) is 25.8 Å². The van der Waals surface area contributed by atoms with Crippen LogP contribution in [0.15, 0.2) is 43.0 Å². The Morgan fingerprint density at radius 1 is 1.48 bits per heavy atom. The highest BCUT2D eigenvalue weighted by Gasteiger charge is 2.41. The van der Waals surface area contributed by atoms with Crippen LogP contribution in [0, 0.1) is 5.92 Å². The van der Waals surface area contributed by atoms with Gasteiger partial charge in [-0.05, 0) is 44.2 Å². The van der Waals surface area contributed by atoms with Gasteiger partial charge in [-0.3, -0.25) is 9.69 Å². The second kappa shape index (κ2) is 7.41. The summed E-state index contributed by atoms with van der Waals surface area (Å²) in [7, 11) is 1.48. The summed E-state index contributed by atoms with van der Waals surface area (Å²) in [6.07, 6.45) is 4.93. The molecule has 1 aromatic rings. The van der Waals surface area contributed by atoms with Crippen LogP contribution in [-0.4, -0.2) is 30.6 Å². The molecular formula is C18H25NO2. The topological polar surface area (TPSA) is 29.5 Å². The number of carbonyl (C=O) groups excluding carboxylic acids is 1. The molecule has 0 bridgehead atoms. The SMILES string of the molecule is C=CCC[C@@H]1CCN([C@@H](C)c2ccccc2)[C@@H]1C(=O)OC. The summed E-state index contributed by atoms with van der Waals surface area (Å²) in [5, 5.41) is 0. The Morgan fingerprint density at radius 2 is 2.19 bits per heavy atom. The predicted molar refractivity (Wildman–Crippen MR) is 84.9 cm³/mol. The predicted octanol–water partition coefficient (Wildman–Crippen LogP) is 3.58. The molecular weight excluding hydrogens is 262 g/mol. The summed E-state index contributed by atoms with van der Waals surface area (Å²) in [5.74, 6) is 0.256. The first-order valence-electron chi connectivity index (χ1n) is 7.68. The summed E-state index contributed by atoms with van der Waals surface area (Å²) >= 11 is 0. The van der Waals surface area contributed by atoms with Crippen LogP contribution in [0.3, 0.4) is 0 Å². The van der Waals surface area contributed by atoms with Crippen molar-refractivity contribution in [2.24, 2.45) is 5.92 Å². The number of hydrogen-bond acceptors (Lipinski definition) is 3. The lowest BCUT2D eigenvalue weighted by Gasteiger charge is -2.31. The number of carbonyl (C=O) groups is 1. The first kappa shape index (κ1) is 15.8. The van der Waals surface area contributed by atoms with Gasteiger partial charge >= 0.3 is 5.97 Å². The molecule has 0 spiro atoms. The molecule has 2 rings (SSSR count). The Morgan fingerprint density at radius 3 is 2.81 bits per heavy atom. The molecule has 0 amide bonds. The normalized spacial score (nSPS) is 23.7. The van der Waals surface area contributed by atoms with Gasteiger partial charge in [-0.25, -0.2) is 0 Å². The van der Waals surface area contributed by atoms with E-state index in [1.807, 2.05) is 24.3 Å². The summed E-state index contributed by atoms with van der Waals surface area (Å²) < 4.78 is 5.05. The van der Waals surface area contributed by atoms with E-state index in [1.165, 1.54) is 12.7 Å². The monoisotopic (exact) mass is 287 g/mol. The molecule has 0 saturated carbocycles. The molecule has 1 aliphatic rings. The molecule has 114 valence electrons.